The van der Waals surface area contributed by atoms with Gasteiger partial charge in [-0.2, -0.15) is 0 Å². The van der Waals surface area contributed by atoms with Crippen LogP contribution in [0.25, 0.3) is 22.2 Å². The Labute approximate surface area is 150 Å². The first kappa shape index (κ1) is 16.5. The van der Waals surface area contributed by atoms with Crippen LogP contribution in [0.2, 0.25) is 0 Å². The maximum Gasteiger partial charge on any atom is 0.269 e. The number of rotatable bonds is 3. The molecule has 0 amide bonds. The van der Waals surface area contributed by atoms with Crippen molar-refractivity contribution in [2.45, 2.75) is 11.8 Å². The molecule has 6 heteroatoms. The Morgan fingerprint density at radius 3 is 2.46 bits per heavy atom. The molecule has 0 unspecified atom stereocenters. The van der Waals surface area contributed by atoms with Crippen molar-refractivity contribution in [2.75, 3.05) is 0 Å². The monoisotopic (exact) mass is 366 g/mol. The molecule has 4 rings (SSSR count). The molecule has 0 aliphatic carbocycles. The van der Waals surface area contributed by atoms with Crippen LogP contribution in [0, 0.1) is 12.7 Å². The molecule has 2 aromatic carbocycles. The topological polar surface area (TPSA) is 52.0 Å². The van der Waals surface area contributed by atoms with E-state index in [1.165, 1.54) is 18.5 Å². The lowest BCUT2D eigenvalue weighted by Crippen LogP contribution is -2.12. The van der Waals surface area contributed by atoms with Gasteiger partial charge in [-0.3, -0.25) is 0 Å². The van der Waals surface area contributed by atoms with Crippen molar-refractivity contribution in [3.05, 3.63) is 84.4 Å². The summed E-state index contributed by atoms with van der Waals surface area (Å²) in [6, 6.07) is 16.5. The van der Waals surface area contributed by atoms with Crippen LogP contribution in [0.1, 0.15) is 5.56 Å². The van der Waals surface area contributed by atoms with Crippen LogP contribution < -0.4 is 0 Å². The number of aromatic nitrogens is 2. The highest BCUT2D eigenvalue weighted by atomic mass is 32.2. The lowest BCUT2D eigenvalue weighted by molar-refractivity contribution is 0.588. The molecule has 0 N–H and O–H groups in total. The fraction of sp³-hybridized carbons (Fsp3) is 0.0500. The van der Waals surface area contributed by atoms with E-state index in [9.17, 15) is 12.8 Å². The van der Waals surface area contributed by atoms with Crippen LogP contribution >= 0.6 is 0 Å². The van der Waals surface area contributed by atoms with E-state index >= 15 is 0 Å². The first-order valence-corrected chi connectivity index (χ1v) is 9.45. The number of nitrogens with zero attached hydrogens (tertiary/aromatic N) is 2. The van der Waals surface area contributed by atoms with Crippen LogP contribution in [-0.2, 0) is 10.0 Å². The summed E-state index contributed by atoms with van der Waals surface area (Å²) in [6.45, 7) is 1.90. The zero-order chi connectivity index (χ0) is 18.3. The van der Waals surface area contributed by atoms with Gasteiger partial charge in [0.05, 0.1) is 4.90 Å². The molecule has 0 fully saturated rings. The van der Waals surface area contributed by atoms with Crippen molar-refractivity contribution in [2.24, 2.45) is 0 Å². The Kier molecular flexibility index (Phi) is 3.85. The molecule has 0 spiro atoms. The number of hydrogen-bond acceptors (Lipinski definition) is 3. The van der Waals surface area contributed by atoms with E-state index in [1.807, 2.05) is 6.92 Å². The van der Waals surface area contributed by atoms with Crippen LogP contribution in [0.15, 0.2) is 78.0 Å². The zero-order valence-electron chi connectivity index (χ0n) is 13.9. The second kappa shape index (κ2) is 6.07. The first-order valence-electron chi connectivity index (χ1n) is 8.01. The highest BCUT2D eigenvalue weighted by Gasteiger charge is 2.20. The van der Waals surface area contributed by atoms with E-state index in [-0.39, 0.29) is 10.7 Å². The number of hydrogen-bond donors (Lipinski definition) is 0. The van der Waals surface area contributed by atoms with Crippen LogP contribution in [0.5, 0.6) is 0 Å². The van der Waals surface area contributed by atoms with Crippen molar-refractivity contribution in [1.82, 2.24) is 8.96 Å². The van der Waals surface area contributed by atoms with Gasteiger partial charge in [-0.05, 0) is 37.3 Å². The molecule has 130 valence electrons. The van der Waals surface area contributed by atoms with Gasteiger partial charge >= 0.3 is 0 Å². The molecule has 0 saturated heterocycles. The molecule has 0 aliphatic heterocycles. The minimum atomic E-state index is -3.74. The molecule has 2 aromatic heterocycles. The summed E-state index contributed by atoms with van der Waals surface area (Å²) in [7, 11) is -3.74. The van der Waals surface area contributed by atoms with Crippen molar-refractivity contribution in [3.8, 4) is 11.1 Å². The molecule has 4 aromatic rings. The van der Waals surface area contributed by atoms with Crippen molar-refractivity contribution in [3.63, 3.8) is 0 Å². The molecule has 26 heavy (non-hydrogen) atoms. The summed E-state index contributed by atoms with van der Waals surface area (Å²) < 4.78 is 40.9. The van der Waals surface area contributed by atoms with Crippen LogP contribution in [0.3, 0.4) is 0 Å². The predicted molar refractivity (Wildman–Crippen MR) is 98.9 cm³/mol. The van der Waals surface area contributed by atoms with Gasteiger partial charge in [-0.25, -0.2) is 21.8 Å². The minimum absolute atomic E-state index is 0.195. The largest absolute Gasteiger partial charge is 0.269 e. The maximum atomic E-state index is 14.0. The number of aryl methyl sites for hydroxylation is 1. The normalized spacial score (nSPS) is 11.8. The third-order valence-corrected chi connectivity index (χ3v) is 5.94. The summed E-state index contributed by atoms with van der Waals surface area (Å²) in [5.74, 6) is -0.347. The minimum Gasteiger partial charge on any atom is -0.237 e. The second-order valence-electron chi connectivity index (χ2n) is 6.05. The summed E-state index contributed by atoms with van der Waals surface area (Å²) in [5, 5.41) is 0.626. The Hall–Kier alpha value is -2.99. The fourth-order valence-electron chi connectivity index (χ4n) is 2.86. The molecule has 0 bridgehead atoms. The Morgan fingerprint density at radius 2 is 1.73 bits per heavy atom. The van der Waals surface area contributed by atoms with E-state index in [0.717, 1.165) is 9.54 Å². The van der Waals surface area contributed by atoms with Gasteiger partial charge < -0.3 is 0 Å². The lowest BCUT2D eigenvalue weighted by atomic mass is 10.1. The van der Waals surface area contributed by atoms with Crippen LogP contribution in [-0.4, -0.2) is 17.4 Å². The molecule has 0 radical (unpaired) electrons. The highest BCUT2D eigenvalue weighted by Crippen LogP contribution is 2.27. The molecule has 4 nitrogen and oxygen atoms in total. The van der Waals surface area contributed by atoms with E-state index in [1.54, 1.807) is 54.6 Å². The van der Waals surface area contributed by atoms with Gasteiger partial charge in [-0.1, -0.05) is 35.9 Å². The Bertz CT molecular complexity index is 1210. The summed E-state index contributed by atoms with van der Waals surface area (Å²) in [5.41, 5.74) is 2.32. The maximum absolute atomic E-state index is 14.0. The fourth-order valence-corrected chi connectivity index (χ4v) is 4.17. The van der Waals surface area contributed by atoms with Gasteiger partial charge in [0.25, 0.3) is 10.0 Å². The third kappa shape index (κ3) is 2.68. The van der Waals surface area contributed by atoms with Crippen LogP contribution in [0.4, 0.5) is 4.39 Å². The van der Waals surface area contributed by atoms with Gasteiger partial charge in [0.15, 0.2) is 5.65 Å². The smallest absolute Gasteiger partial charge is 0.237 e. The zero-order valence-corrected chi connectivity index (χ0v) is 14.7. The third-order valence-electron chi connectivity index (χ3n) is 4.26. The van der Waals surface area contributed by atoms with Crippen molar-refractivity contribution < 1.29 is 12.8 Å². The summed E-state index contributed by atoms with van der Waals surface area (Å²) >= 11 is 0. The molecule has 2 heterocycles. The summed E-state index contributed by atoms with van der Waals surface area (Å²) in [6.07, 6.45) is 2.96. The van der Waals surface area contributed by atoms with Gasteiger partial charge in [0.2, 0.25) is 0 Å². The lowest BCUT2D eigenvalue weighted by Gasteiger charge is -2.08. The Balaban J connectivity index is 1.84. The first-order chi connectivity index (χ1) is 12.5. The molecular formula is C20H15FN2O2S. The number of benzene rings is 2. The number of pyridine rings is 1. The second-order valence-corrected chi connectivity index (χ2v) is 7.86. The van der Waals surface area contributed by atoms with Gasteiger partial charge in [0, 0.05) is 28.9 Å². The van der Waals surface area contributed by atoms with E-state index in [4.69, 9.17) is 0 Å². The molecule has 0 atom stereocenters. The molecule has 0 aliphatic rings. The van der Waals surface area contributed by atoms with Gasteiger partial charge in [-0.15, -0.1) is 0 Å². The van der Waals surface area contributed by atoms with E-state index < -0.39 is 10.0 Å². The number of halogens is 1. The van der Waals surface area contributed by atoms with Crippen molar-refractivity contribution in [1.29, 1.82) is 0 Å². The average Bonchev–Trinajstić information content (AvgIpc) is 3.06. The highest BCUT2D eigenvalue weighted by molar-refractivity contribution is 7.90. The molecule has 0 saturated carbocycles. The quantitative estimate of drug-likeness (QED) is 0.540. The summed E-state index contributed by atoms with van der Waals surface area (Å²) in [4.78, 5) is 4.48. The Morgan fingerprint density at radius 1 is 1.00 bits per heavy atom. The average molecular weight is 366 g/mol. The predicted octanol–water partition coefficient (Wildman–Crippen LogP) is 4.39. The van der Waals surface area contributed by atoms with E-state index in [2.05, 4.69) is 4.98 Å². The SMILES string of the molecule is Cc1ccc(S(=O)(=O)n2ccc3cc(-c4ccccc4F)cnc32)cc1. The standard InChI is InChI=1S/C20H15FN2O2S/c1-14-6-8-17(9-7-14)26(24,25)23-11-10-15-12-16(13-22-20(15)23)18-4-2-3-5-19(18)21/h2-13H,1H3. The number of fused-ring (bicyclic) bond motifs is 1. The van der Waals surface area contributed by atoms with Crippen molar-refractivity contribution >= 4 is 21.1 Å². The molecular weight excluding hydrogens is 351 g/mol. The van der Waals surface area contributed by atoms with E-state index in [0.29, 0.717) is 22.2 Å². The van der Waals surface area contributed by atoms with Gasteiger partial charge in [0.1, 0.15) is 5.82 Å².